The maximum absolute atomic E-state index is 16.6. The van der Waals surface area contributed by atoms with E-state index in [9.17, 15) is 35.1 Å². The summed E-state index contributed by atoms with van der Waals surface area (Å²) in [7, 11) is 3.17. The zero-order chi connectivity index (χ0) is 34.7. The zero-order valence-corrected chi connectivity index (χ0v) is 25.6. The van der Waals surface area contributed by atoms with E-state index in [1.54, 1.807) is 14.1 Å². The molecular weight excluding hydrogens is 663 g/mol. The lowest BCUT2D eigenvalue weighted by Gasteiger charge is -2.43. The highest BCUT2D eigenvalue weighted by Gasteiger charge is 2.71. The van der Waals surface area contributed by atoms with Gasteiger partial charge in [0, 0.05) is 37.2 Å². The summed E-state index contributed by atoms with van der Waals surface area (Å²) < 4.78 is 144. The normalized spacial score (nSPS) is 27.6. The first kappa shape index (κ1) is 32.7. The van der Waals surface area contributed by atoms with E-state index >= 15 is 4.39 Å². The molecule has 5 atom stereocenters. The van der Waals surface area contributed by atoms with Crippen LogP contribution in [0.2, 0.25) is 0 Å². The molecule has 3 aromatic rings. The summed E-state index contributed by atoms with van der Waals surface area (Å²) in [4.78, 5) is 18.7. The van der Waals surface area contributed by atoms with E-state index in [-0.39, 0.29) is 24.9 Å². The predicted octanol–water partition coefficient (Wildman–Crippen LogP) is 4.73. The number of nitrogens with two attached hydrogens (primary N) is 1. The molecule has 4 aliphatic rings. The average molecular weight is 693 g/mol. The van der Waals surface area contributed by atoms with Crippen LogP contribution in [0.1, 0.15) is 30.5 Å². The molecule has 10 nitrogen and oxygen atoms in total. The molecule has 0 spiro atoms. The van der Waals surface area contributed by atoms with Gasteiger partial charge in [-0.1, -0.05) is 0 Å². The van der Waals surface area contributed by atoms with Gasteiger partial charge >= 0.3 is 18.4 Å². The quantitative estimate of drug-likeness (QED) is 0.352. The standard InChI is InChI=1S/C29H29F9N8O2/c1-11-17(28(33,34)35)13(6-15(39)40-11)19-18(30)20-16-23(44-25(43-20)47-10-26(9-45(2)3)8-27(26,31)32)46-7-12-4-5-14(41-12)21(46)22(29(36,37)38)48-24(16)42-19/h6,12,14,21-22,41H,4-5,7-10H2,1-3H3,(H2,39,40)/t12-,14+,21+,22-,26?/m1/s1. The summed E-state index contributed by atoms with van der Waals surface area (Å²) in [6.07, 6.45) is -12.4. The number of ether oxygens (including phenoxy) is 2. The maximum atomic E-state index is 16.6. The van der Waals surface area contributed by atoms with E-state index in [2.05, 4.69) is 25.3 Å². The number of piperazine rings is 1. The van der Waals surface area contributed by atoms with Crippen LogP contribution in [0.3, 0.4) is 0 Å². The van der Waals surface area contributed by atoms with Gasteiger partial charge in [0.2, 0.25) is 12.0 Å². The van der Waals surface area contributed by atoms with E-state index in [4.69, 9.17) is 15.2 Å². The van der Waals surface area contributed by atoms with Crippen LogP contribution in [0.15, 0.2) is 6.07 Å². The van der Waals surface area contributed by atoms with Crippen LogP contribution in [0.25, 0.3) is 22.2 Å². The number of anilines is 2. The molecule has 48 heavy (non-hydrogen) atoms. The third-order valence-electron chi connectivity index (χ3n) is 9.39. The van der Waals surface area contributed by atoms with Gasteiger partial charge in [-0.3, -0.25) is 0 Å². The minimum absolute atomic E-state index is 0.0353. The Kier molecular flexibility index (Phi) is 7.19. The molecular formula is C29H29F9N8O2. The van der Waals surface area contributed by atoms with Crippen molar-refractivity contribution >= 4 is 22.5 Å². The average Bonchev–Trinajstić information content (AvgIpc) is 3.33. The number of aryl methyl sites for hydroxylation is 1. The van der Waals surface area contributed by atoms with Gasteiger partial charge in [-0.2, -0.15) is 36.3 Å². The molecule has 6 heterocycles. The smallest absolute Gasteiger partial charge is 0.427 e. The van der Waals surface area contributed by atoms with Gasteiger partial charge in [-0.25, -0.2) is 23.1 Å². The van der Waals surface area contributed by atoms with Crippen molar-refractivity contribution < 1.29 is 49.0 Å². The number of aromatic nitrogens is 4. The fourth-order valence-electron chi connectivity index (χ4n) is 7.34. The summed E-state index contributed by atoms with van der Waals surface area (Å²) in [5.41, 5.74) is -0.728. The molecule has 3 fully saturated rings. The molecule has 0 amide bonds. The van der Waals surface area contributed by atoms with Gasteiger partial charge in [-0.15, -0.1) is 0 Å². The monoisotopic (exact) mass is 692 g/mol. The van der Waals surface area contributed by atoms with Crippen LogP contribution < -0.4 is 25.4 Å². The molecule has 3 aromatic heterocycles. The largest absolute Gasteiger partial charge is 0.463 e. The van der Waals surface area contributed by atoms with Crippen LogP contribution in [-0.4, -0.2) is 95.0 Å². The van der Waals surface area contributed by atoms with E-state index in [0.717, 1.165) is 6.92 Å². The summed E-state index contributed by atoms with van der Waals surface area (Å²) in [6, 6.07) is -2.47. The fraction of sp³-hybridized carbons (Fsp3) is 0.586. The third kappa shape index (κ3) is 5.19. The summed E-state index contributed by atoms with van der Waals surface area (Å²) >= 11 is 0. The SMILES string of the molecule is Cc1nc(N)cc(-c2nc3c4c(nc(OCC5(CN(C)C)CC5(F)F)nc4c2F)N2C[C@H]4CC[C@H](N4)[C@H]2[C@H](C(F)(F)F)O3)c1C(F)(F)F. The van der Waals surface area contributed by atoms with Crippen LogP contribution in [0.4, 0.5) is 51.1 Å². The van der Waals surface area contributed by atoms with Crippen molar-refractivity contribution in [3.63, 3.8) is 0 Å². The van der Waals surface area contributed by atoms with Crippen molar-refractivity contribution in [3.8, 4) is 23.1 Å². The van der Waals surface area contributed by atoms with Crippen LogP contribution in [0, 0.1) is 18.2 Å². The first-order valence-corrected chi connectivity index (χ1v) is 15.0. The number of nitrogens with zero attached hydrogens (tertiary/aromatic N) is 6. The van der Waals surface area contributed by atoms with E-state index < -0.39 is 112 Å². The Morgan fingerprint density at radius 2 is 1.81 bits per heavy atom. The molecule has 7 rings (SSSR count). The lowest BCUT2D eigenvalue weighted by molar-refractivity contribution is -0.203. The van der Waals surface area contributed by atoms with Gasteiger partial charge in [0.1, 0.15) is 34.8 Å². The Balaban J connectivity index is 1.47. The maximum Gasteiger partial charge on any atom is 0.427 e. The lowest BCUT2D eigenvalue weighted by atomic mass is 9.98. The molecule has 260 valence electrons. The molecule has 19 heteroatoms. The van der Waals surface area contributed by atoms with Crippen molar-refractivity contribution in [1.29, 1.82) is 0 Å². The van der Waals surface area contributed by atoms with E-state index in [0.29, 0.717) is 18.9 Å². The molecule has 2 bridgehead atoms. The van der Waals surface area contributed by atoms with Gasteiger partial charge in [0.25, 0.3) is 5.92 Å². The number of halogens is 9. The second-order valence-corrected chi connectivity index (χ2v) is 13.1. The van der Waals surface area contributed by atoms with Gasteiger partial charge in [-0.05, 0) is 39.9 Å². The van der Waals surface area contributed by atoms with Crippen LogP contribution >= 0.6 is 0 Å². The first-order chi connectivity index (χ1) is 22.3. The number of hydrogen-bond donors (Lipinski definition) is 2. The minimum atomic E-state index is -5.11. The van der Waals surface area contributed by atoms with Gasteiger partial charge in [0.15, 0.2) is 5.82 Å². The van der Waals surface area contributed by atoms with Crippen molar-refractivity contribution in [2.24, 2.45) is 5.41 Å². The second kappa shape index (κ2) is 10.6. The molecule has 0 aromatic carbocycles. The number of nitrogens with one attached hydrogen (secondary N) is 1. The van der Waals surface area contributed by atoms with E-state index in [1.165, 1.54) is 9.80 Å². The molecule has 3 aliphatic heterocycles. The molecule has 3 N–H and O–H groups in total. The molecule has 2 saturated heterocycles. The Bertz CT molecular complexity index is 1800. The molecule has 1 saturated carbocycles. The van der Waals surface area contributed by atoms with Crippen molar-refractivity contribution in [1.82, 2.24) is 30.2 Å². The fourth-order valence-corrected chi connectivity index (χ4v) is 7.34. The van der Waals surface area contributed by atoms with E-state index in [1.807, 2.05) is 0 Å². The number of pyridine rings is 2. The zero-order valence-electron chi connectivity index (χ0n) is 25.6. The minimum Gasteiger partial charge on any atom is -0.463 e. The van der Waals surface area contributed by atoms with Gasteiger partial charge < -0.3 is 30.3 Å². The predicted molar refractivity (Wildman–Crippen MR) is 152 cm³/mol. The highest BCUT2D eigenvalue weighted by Crippen LogP contribution is 2.61. The lowest BCUT2D eigenvalue weighted by Crippen LogP contribution is -2.66. The highest BCUT2D eigenvalue weighted by atomic mass is 19.4. The van der Waals surface area contributed by atoms with Gasteiger partial charge in [0.05, 0.1) is 22.7 Å². The summed E-state index contributed by atoms with van der Waals surface area (Å²) in [6.45, 7) is 0.217. The van der Waals surface area contributed by atoms with Crippen molar-refractivity contribution in [2.75, 3.05) is 44.4 Å². The summed E-state index contributed by atoms with van der Waals surface area (Å²) in [5.74, 6) is -6.17. The van der Waals surface area contributed by atoms with Crippen molar-refractivity contribution in [3.05, 3.63) is 23.1 Å². The number of nitrogen functional groups attached to an aromatic ring is 1. The molecule has 0 radical (unpaired) electrons. The van der Waals surface area contributed by atoms with Crippen molar-refractivity contribution in [2.45, 2.75) is 68.7 Å². The molecule has 1 unspecified atom stereocenters. The first-order valence-electron chi connectivity index (χ1n) is 15.0. The topological polar surface area (TPSA) is 115 Å². The van der Waals surface area contributed by atoms with Crippen LogP contribution in [-0.2, 0) is 6.18 Å². The molecule has 1 aliphatic carbocycles. The number of rotatable bonds is 6. The van der Waals surface area contributed by atoms with Crippen LogP contribution in [0.5, 0.6) is 11.9 Å². The Morgan fingerprint density at radius 3 is 2.44 bits per heavy atom. The highest BCUT2D eigenvalue weighted by molar-refractivity contribution is 5.97. The number of hydrogen-bond acceptors (Lipinski definition) is 10. The summed E-state index contributed by atoms with van der Waals surface area (Å²) in [5, 5.41) is 2.70. The second-order valence-electron chi connectivity index (χ2n) is 13.1. The Labute approximate surface area is 266 Å². The number of alkyl halides is 8. The Hall–Kier alpha value is -3.87. The Morgan fingerprint density at radius 1 is 1.10 bits per heavy atom. The third-order valence-corrected chi connectivity index (χ3v) is 9.39. The number of fused-ring (bicyclic) bond motifs is 5.